The third-order valence-electron chi connectivity index (χ3n) is 3.09. The van der Waals surface area contributed by atoms with Gasteiger partial charge in [0.1, 0.15) is 0 Å². The highest BCUT2D eigenvalue weighted by molar-refractivity contribution is 6.33. The summed E-state index contributed by atoms with van der Waals surface area (Å²) in [6, 6.07) is 12.7. The number of nitrogens with one attached hydrogen (secondary N) is 2. The lowest BCUT2D eigenvalue weighted by Gasteiger charge is -2.08. The van der Waals surface area contributed by atoms with Crippen molar-refractivity contribution < 1.29 is 19.1 Å². The lowest BCUT2D eigenvalue weighted by atomic mass is 10.2. The van der Waals surface area contributed by atoms with Gasteiger partial charge in [-0.25, -0.2) is 4.79 Å². The van der Waals surface area contributed by atoms with Crippen LogP contribution in [-0.2, 0) is 9.53 Å². The average Bonchev–Trinajstić information content (AvgIpc) is 2.60. The first-order valence-electron chi connectivity index (χ1n) is 7.05. The molecule has 2 rings (SSSR count). The minimum atomic E-state index is -0.675. The minimum Gasteiger partial charge on any atom is -0.452 e. The molecule has 24 heavy (non-hydrogen) atoms. The van der Waals surface area contributed by atoms with E-state index in [1.807, 2.05) is 0 Å². The summed E-state index contributed by atoms with van der Waals surface area (Å²) in [6.45, 7) is -0.443. The molecule has 0 aliphatic heterocycles. The van der Waals surface area contributed by atoms with Crippen LogP contribution >= 0.6 is 11.6 Å². The van der Waals surface area contributed by atoms with Crippen molar-refractivity contribution in [3.8, 4) is 0 Å². The third kappa shape index (κ3) is 4.57. The van der Waals surface area contributed by atoms with Crippen LogP contribution in [0.1, 0.15) is 20.7 Å². The van der Waals surface area contributed by atoms with Gasteiger partial charge in [0.2, 0.25) is 0 Å². The Bertz CT molecular complexity index is 759. The lowest BCUT2D eigenvalue weighted by Crippen LogP contribution is -2.21. The molecule has 0 aliphatic rings. The lowest BCUT2D eigenvalue weighted by molar-refractivity contribution is -0.119. The van der Waals surface area contributed by atoms with Crippen molar-refractivity contribution in [2.75, 3.05) is 19.0 Å². The van der Waals surface area contributed by atoms with Crippen molar-refractivity contribution in [3.63, 3.8) is 0 Å². The van der Waals surface area contributed by atoms with Gasteiger partial charge in [-0.05, 0) is 36.4 Å². The zero-order valence-corrected chi connectivity index (χ0v) is 13.6. The van der Waals surface area contributed by atoms with Gasteiger partial charge in [0.05, 0.1) is 10.6 Å². The maximum absolute atomic E-state index is 11.8. The number of ether oxygens (including phenoxy) is 1. The molecule has 2 N–H and O–H groups in total. The van der Waals surface area contributed by atoms with Crippen LogP contribution in [0, 0.1) is 0 Å². The smallest absolute Gasteiger partial charge is 0.340 e. The van der Waals surface area contributed by atoms with E-state index in [9.17, 15) is 14.4 Å². The molecule has 2 aromatic carbocycles. The minimum absolute atomic E-state index is 0.196. The van der Waals surface area contributed by atoms with Crippen LogP contribution in [0.3, 0.4) is 0 Å². The van der Waals surface area contributed by atoms with E-state index in [0.717, 1.165) is 0 Å². The molecule has 0 saturated carbocycles. The van der Waals surface area contributed by atoms with Gasteiger partial charge in [0.15, 0.2) is 6.61 Å². The summed E-state index contributed by atoms with van der Waals surface area (Å²) in [6.07, 6.45) is 0. The maximum atomic E-state index is 11.8. The Morgan fingerprint density at radius 3 is 2.33 bits per heavy atom. The Kier molecular flexibility index (Phi) is 5.92. The first kappa shape index (κ1) is 17.5. The standard InChI is InChI=1S/C17H15ClN2O4/c1-19-16(22)11-6-8-12(9-7-11)20-15(21)10-24-17(23)13-4-2-3-5-14(13)18/h2-9H,10H2,1H3,(H,19,22)(H,20,21). The quantitative estimate of drug-likeness (QED) is 0.815. The zero-order valence-electron chi connectivity index (χ0n) is 12.8. The second-order valence-electron chi connectivity index (χ2n) is 4.76. The second-order valence-corrected chi connectivity index (χ2v) is 5.17. The van der Waals surface area contributed by atoms with Gasteiger partial charge < -0.3 is 15.4 Å². The fraction of sp³-hybridized carbons (Fsp3) is 0.118. The van der Waals surface area contributed by atoms with Crippen molar-refractivity contribution in [3.05, 3.63) is 64.7 Å². The first-order chi connectivity index (χ1) is 11.5. The topological polar surface area (TPSA) is 84.5 Å². The highest BCUT2D eigenvalue weighted by Gasteiger charge is 2.13. The van der Waals surface area contributed by atoms with Gasteiger partial charge in [-0.15, -0.1) is 0 Å². The molecule has 7 heteroatoms. The number of carbonyl (C=O) groups excluding carboxylic acids is 3. The highest BCUT2D eigenvalue weighted by Crippen LogP contribution is 2.16. The van der Waals surface area contributed by atoms with Crippen LogP contribution in [0.2, 0.25) is 5.02 Å². The highest BCUT2D eigenvalue weighted by atomic mass is 35.5. The monoisotopic (exact) mass is 346 g/mol. The number of hydrogen-bond acceptors (Lipinski definition) is 4. The van der Waals surface area contributed by atoms with E-state index in [1.54, 1.807) is 42.5 Å². The molecule has 0 aromatic heterocycles. The summed E-state index contributed by atoms with van der Waals surface area (Å²) < 4.78 is 4.92. The molecule has 0 aliphatic carbocycles. The molecule has 0 atom stereocenters. The number of carbonyl (C=O) groups is 3. The van der Waals surface area contributed by atoms with Crippen LogP contribution in [0.5, 0.6) is 0 Å². The predicted molar refractivity (Wildman–Crippen MR) is 90.2 cm³/mol. The maximum Gasteiger partial charge on any atom is 0.340 e. The van der Waals surface area contributed by atoms with Gasteiger partial charge in [-0.3, -0.25) is 9.59 Å². The molecule has 0 spiro atoms. The molecule has 124 valence electrons. The summed E-state index contributed by atoms with van der Waals surface area (Å²) in [5, 5.41) is 5.32. The molecule has 6 nitrogen and oxygen atoms in total. The zero-order chi connectivity index (χ0) is 17.5. The molecular formula is C17H15ClN2O4. The van der Waals surface area contributed by atoms with Crippen LogP contribution in [0.25, 0.3) is 0 Å². The molecule has 0 unspecified atom stereocenters. The Hall–Kier alpha value is -2.86. The van der Waals surface area contributed by atoms with E-state index >= 15 is 0 Å². The number of amides is 2. The predicted octanol–water partition coefficient (Wildman–Crippen LogP) is 2.50. The summed E-state index contributed by atoms with van der Waals surface area (Å²) in [4.78, 5) is 35.1. The number of rotatable bonds is 5. The molecule has 0 fully saturated rings. The Morgan fingerprint density at radius 2 is 1.71 bits per heavy atom. The van der Waals surface area contributed by atoms with Gasteiger partial charge in [-0.1, -0.05) is 23.7 Å². The van der Waals surface area contributed by atoms with Crippen molar-refractivity contribution in [2.24, 2.45) is 0 Å². The Balaban J connectivity index is 1.88. The van der Waals surface area contributed by atoms with Crippen LogP contribution in [-0.4, -0.2) is 31.4 Å². The largest absolute Gasteiger partial charge is 0.452 e. The number of esters is 1. The van der Waals surface area contributed by atoms with Crippen molar-refractivity contribution >= 4 is 35.1 Å². The normalized spacial score (nSPS) is 9.92. The van der Waals surface area contributed by atoms with Gasteiger partial charge in [0.25, 0.3) is 11.8 Å². The van der Waals surface area contributed by atoms with Crippen LogP contribution in [0.4, 0.5) is 5.69 Å². The summed E-state index contributed by atoms with van der Waals surface area (Å²) in [5.74, 6) is -1.39. The van der Waals surface area contributed by atoms with Crippen molar-refractivity contribution in [1.29, 1.82) is 0 Å². The molecule has 0 bridgehead atoms. The number of benzene rings is 2. The second kappa shape index (κ2) is 8.12. The van der Waals surface area contributed by atoms with Gasteiger partial charge in [-0.2, -0.15) is 0 Å². The average molecular weight is 347 g/mol. The van der Waals surface area contributed by atoms with E-state index in [1.165, 1.54) is 13.1 Å². The van der Waals surface area contributed by atoms with E-state index in [-0.39, 0.29) is 16.5 Å². The molecule has 0 saturated heterocycles. The van der Waals surface area contributed by atoms with Crippen molar-refractivity contribution in [1.82, 2.24) is 5.32 Å². The fourth-order valence-electron chi connectivity index (χ4n) is 1.88. The van der Waals surface area contributed by atoms with E-state index in [4.69, 9.17) is 16.3 Å². The Morgan fingerprint density at radius 1 is 1.04 bits per heavy atom. The SMILES string of the molecule is CNC(=O)c1ccc(NC(=O)COC(=O)c2ccccc2Cl)cc1. The summed E-state index contributed by atoms with van der Waals surface area (Å²) in [7, 11) is 1.53. The Labute approximate surface area is 143 Å². The number of halogens is 1. The molecular weight excluding hydrogens is 332 g/mol. The number of anilines is 1. The summed E-state index contributed by atoms with van der Waals surface area (Å²) in [5.41, 5.74) is 1.16. The third-order valence-corrected chi connectivity index (χ3v) is 3.42. The van der Waals surface area contributed by atoms with Crippen LogP contribution in [0.15, 0.2) is 48.5 Å². The van der Waals surface area contributed by atoms with E-state index in [2.05, 4.69) is 10.6 Å². The molecule has 0 radical (unpaired) electrons. The summed E-state index contributed by atoms with van der Waals surface area (Å²) >= 11 is 5.88. The van der Waals surface area contributed by atoms with E-state index in [0.29, 0.717) is 11.3 Å². The fourth-order valence-corrected chi connectivity index (χ4v) is 2.09. The number of hydrogen-bond donors (Lipinski definition) is 2. The van der Waals surface area contributed by atoms with Crippen molar-refractivity contribution in [2.45, 2.75) is 0 Å². The van der Waals surface area contributed by atoms with E-state index < -0.39 is 18.5 Å². The first-order valence-corrected chi connectivity index (χ1v) is 7.42. The molecule has 2 aromatic rings. The van der Waals surface area contributed by atoms with Crippen LogP contribution < -0.4 is 10.6 Å². The van der Waals surface area contributed by atoms with Gasteiger partial charge in [0, 0.05) is 18.3 Å². The van der Waals surface area contributed by atoms with Gasteiger partial charge >= 0.3 is 5.97 Å². The molecule has 0 heterocycles. The molecule has 2 amide bonds.